The zero-order chi connectivity index (χ0) is 12.5. The third kappa shape index (κ3) is 2.55. The number of nitrogens with zero attached hydrogens (tertiary/aromatic N) is 1. The first-order valence-electron chi connectivity index (χ1n) is 5.60. The van der Waals surface area contributed by atoms with Crippen molar-refractivity contribution in [3.05, 3.63) is 0 Å². The molecule has 0 aromatic rings. The van der Waals surface area contributed by atoms with Crippen LogP contribution in [0.5, 0.6) is 0 Å². The van der Waals surface area contributed by atoms with Crippen LogP contribution in [0.3, 0.4) is 0 Å². The standard InChI is InChI=1S/C10H20N2O2S2/c1-7-5-4-6-8(2)12(7)16(13,14)9(3)10(11)15/h7-9H,4-6H2,1-3H3,(H2,11,15)/t7-,8+,9?. The van der Waals surface area contributed by atoms with Gasteiger partial charge in [0.05, 0.1) is 4.99 Å². The van der Waals surface area contributed by atoms with Crippen molar-refractivity contribution in [1.82, 2.24) is 4.31 Å². The zero-order valence-corrected chi connectivity index (χ0v) is 11.6. The van der Waals surface area contributed by atoms with Crippen molar-refractivity contribution < 1.29 is 8.42 Å². The molecule has 1 heterocycles. The molecule has 0 aliphatic carbocycles. The molecular weight excluding hydrogens is 244 g/mol. The minimum absolute atomic E-state index is 0.0463. The van der Waals surface area contributed by atoms with E-state index in [0.29, 0.717) is 0 Å². The second-order valence-corrected chi connectivity index (χ2v) is 7.18. The van der Waals surface area contributed by atoms with Crippen LogP contribution in [0.25, 0.3) is 0 Å². The summed E-state index contributed by atoms with van der Waals surface area (Å²) >= 11 is 4.78. The second-order valence-electron chi connectivity index (χ2n) is 4.55. The molecule has 0 radical (unpaired) electrons. The minimum atomic E-state index is -3.39. The van der Waals surface area contributed by atoms with Gasteiger partial charge in [-0.15, -0.1) is 0 Å². The zero-order valence-electron chi connectivity index (χ0n) is 10.0. The molecule has 0 bridgehead atoms. The first-order chi connectivity index (χ1) is 7.28. The van der Waals surface area contributed by atoms with E-state index in [9.17, 15) is 8.42 Å². The molecule has 0 saturated carbocycles. The Morgan fingerprint density at radius 2 is 1.81 bits per heavy atom. The Hall–Kier alpha value is -0.200. The van der Waals surface area contributed by atoms with E-state index in [1.54, 1.807) is 11.2 Å². The van der Waals surface area contributed by atoms with Crippen LogP contribution in [0.15, 0.2) is 0 Å². The maximum atomic E-state index is 12.3. The third-order valence-corrected chi connectivity index (χ3v) is 6.21. The predicted molar refractivity (Wildman–Crippen MR) is 69.8 cm³/mol. The summed E-state index contributed by atoms with van der Waals surface area (Å²) in [6, 6.07) is 0.0936. The quantitative estimate of drug-likeness (QED) is 0.779. The van der Waals surface area contributed by atoms with Gasteiger partial charge in [0.1, 0.15) is 5.25 Å². The van der Waals surface area contributed by atoms with E-state index in [1.165, 1.54) is 0 Å². The van der Waals surface area contributed by atoms with Crippen molar-refractivity contribution >= 4 is 27.2 Å². The van der Waals surface area contributed by atoms with E-state index in [-0.39, 0.29) is 17.1 Å². The first kappa shape index (κ1) is 13.9. The van der Waals surface area contributed by atoms with Crippen LogP contribution in [-0.2, 0) is 10.0 Å². The van der Waals surface area contributed by atoms with Gasteiger partial charge in [0.15, 0.2) is 0 Å². The molecule has 0 amide bonds. The van der Waals surface area contributed by atoms with Crippen LogP contribution in [0.4, 0.5) is 0 Å². The lowest BCUT2D eigenvalue weighted by atomic mass is 10.0. The molecule has 6 heteroatoms. The summed E-state index contributed by atoms with van der Waals surface area (Å²) in [5, 5.41) is -0.773. The van der Waals surface area contributed by atoms with Crippen LogP contribution in [-0.4, -0.2) is 35.0 Å². The molecule has 3 atom stereocenters. The Balaban J connectivity index is 3.01. The molecule has 0 spiro atoms. The highest BCUT2D eigenvalue weighted by Crippen LogP contribution is 2.27. The van der Waals surface area contributed by atoms with E-state index < -0.39 is 15.3 Å². The summed E-state index contributed by atoms with van der Waals surface area (Å²) < 4.78 is 26.2. The van der Waals surface area contributed by atoms with Gasteiger partial charge in [-0.3, -0.25) is 0 Å². The predicted octanol–water partition coefficient (Wildman–Crippen LogP) is 1.25. The lowest BCUT2D eigenvalue weighted by Crippen LogP contribution is -2.52. The number of piperidine rings is 1. The van der Waals surface area contributed by atoms with E-state index in [1.807, 2.05) is 13.8 Å². The molecule has 1 saturated heterocycles. The molecule has 94 valence electrons. The van der Waals surface area contributed by atoms with Crippen molar-refractivity contribution in [3.63, 3.8) is 0 Å². The van der Waals surface area contributed by atoms with Crippen molar-refractivity contribution in [2.75, 3.05) is 0 Å². The number of hydrogen-bond acceptors (Lipinski definition) is 3. The lowest BCUT2D eigenvalue weighted by molar-refractivity contribution is 0.203. The van der Waals surface area contributed by atoms with Crippen LogP contribution in [0.2, 0.25) is 0 Å². The molecule has 4 nitrogen and oxygen atoms in total. The highest BCUT2D eigenvalue weighted by Gasteiger charge is 2.38. The van der Waals surface area contributed by atoms with E-state index in [2.05, 4.69) is 0 Å². The van der Waals surface area contributed by atoms with Gasteiger partial charge >= 0.3 is 0 Å². The Labute approximate surface area is 103 Å². The van der Waals surface area contributed by atoms with Gasteiger partial charge in [-0.05, 0) is 33.6 Å². The summed E-state index contributed by atoms with van der Waals surface area (Å²) in [4.78, 5) is 0.0463. The summed E-state index contributed by atoms with van der Waals surface area (Å²) in [7, 11) is -3.39. The first-order valence-corrected chi connectivity index (χ1v) is 7.51. The largest absolute Gasteiger partial charge is 0.392 e. The van der Waals surface area contributed by atoms with Crippen molar-refractivity contribution in [1.29, 1.82) is 0 Å². The van der Waals surface area contributed by atoms with Gasteiger partial charge in [-0.1, -0.05) is 18.6 Å². The van der Waals surface area contributed by atoms with Crippen LogP contribution in [0, 0.1) is 0 Å². The normalized spacial score (nSPS) is 29.9. The van der Waals surface area contributed by atoms with Gasteiger partial charge in [0.25, 0.3) is 0 Å². The topological polar surface area (TPSA) is 63.4 Å². The van der Waals surface area contributed by atoms with Crippen molar-refractivity contribution in [3.8, 4) is 0 Å². The summed E-state index contributed by atoms with van der Waals surface area (Å²) in [5.41, 5.74) is 5.45. The summed E-state index contributed by atoms with van der Waals surface area (Å²) in [6.45, 7) is 5.45. The molecule has 1 aliphatic heterocycles. The van der Waals surface area contributed by atoms with Crippen LogP contribution in [0.1, 0.15) is 40.0 Å². The molecule has 1 unspecified atom stereocenters. The smallest absolute Gasteiger partial charge is 0.223 e. The van der Waals surface area contributed by atoms with E-state index in [0.717, 1.165) is 19.3 Å². The van der Waals surface area contributed by atoms with Crippen LogP contribution < -0.4 is 5.73 Å². The molecule has 16 heavy (non-hydrogen) atoms. The van der Waals surface area contributed by atoms with Gasteiger partial charge in [-0.2, -0.15) is 4.31 Å². The maximum Gasteiger partial charge on any atom is 0.223 e. The van der Waals surface area contributed by atoms with Gasteiger partial charge < -0.3 is 5.73 Å². The fraction of sp³-hybridized carbons (Fsp3) is 0.900. The Morgan fingerprint density at radius 1 is 1.38 bits per heavy atom. The molecular formula is C10H20N2O2S2. The van der Waals surface area contributed by atoms with E-state index in [4.69, 9.17) is 18.0 Å². The molecule has 1 rings (SSSR count). The Kier molecular flexibility index (Phi) is 4.31. The number of sulfonamides is 1. The van der Waals surface area contributed by atoms with Crippen molar-refractivity contribution in [2.45, 2.75) is 57.4 Å². The molecule has 2 N–H and O–H groups in total. The third-order valence-electron chi connectivity index (χ3n) is 3.25. The average molecular weight is 264 g/mol. The fourth-order valence-corrected chi connectivity index (χ4v) is 4.47. The second kappa shape index (κ2) is 4.98. The highest BCUT2D eigenvalue weighted by molar-refractivity contribution is 7.92. The van der Waals surface area contributed by atoms with E-state index >= 15 is 0 Å². The molecule has 0 aromatic carbocycles. The number of nitrogens with two attached hydrogens (primary N) is 1. The SMILES string of the molecule is CC(C(N)=S)S(=O)(=O)N1[C@H](C)CCC[C@@H]1C. The minimum Gasteiger partial charge on any atom is -0.392 e. The number of hydrogen-bond donors (Lipinski definition) is 1. The highest BCUT2D eigenvalue weighted by atomic mass is 32.2. The monoisotopic (exact) mass is 264 g/mol. The number of thiocarbonyl (C=S) groups is 1. The van der Waals surface area contributed by atoms with Gasteiger partial charge in [-0.25, -0.2) is 8.42 Å². The van der Waals surface area contributed by atoms with Gasteiger partial charge in [0.2, 0.25) is 10.0 Å². The molecule has 1 aliphatic rings. The Bertz CT molecular complexity index is 357. The fourth-order valence-electron chi connectivity index (χ4n) is 2.23. The summed E-state index contributed by atoms with van der Waals surface area (Å²) in [6.07, 6.45) is 2.90. The number of rotatable bonds is 3. The van der Waals surface area contributed by atoms with Crippen LogP contribution >= 0.6 is 12.2 Å². The van der Waals surface area contributed by atoms with Crippen molar-refractivity contribution in [2.24, 2.45) is 5.73 Å². The lowest BCUT2D eigenvalue weighted by Gasteiger charge is -2.39. The average Bonchev–Trinajstić information content (AvgIpc) is 2.15. The Morgan fingerprint density at radius 3 is 2.19 bits per heavy atom. The van der Waals surface area contributed by atoms with Gasteiger partial charge in [0, 0.05) is 12.1 Å². The molecule has 0 aromatic heterocycles. The molecule has 1 fully saturated rings. The maximum absolute atomic E-state index is 12.3. The summed E-state index contributed by atoms with van der Waals surface area (Å²) in [5.74, 6) is 0.